The lowest BCUT2D eigenvalue weighted by atomic mass is 10.1. The van der Waals surface area contributed by atoms with E-state index >= 15 is 0 Å². The molecule has 0 aliphatic rings. The molecule has 0 radical (unpaired) electrons. The fraction of sp³-hybridized carbons (Fsp3) is 0.121. The Labute approximate surface area is 233 Å². The largest absolute Gasteiger partial charge is 0.462 e. The fourth-order valence-electron chi connectivity index (χ4n) is 4.60. The summed E-state index contributed by atoms with van der Waals surface area (Å²) in [6.45, 7) is -0.941. The molecule has 192 valence electrons. The summed E-state index contributed by atoms with van der Waals surface area (Å²) in [5.41, 5.74) is 1.17. The maximum Gasteiger partial charge on any atom is 0.343 e. The van der Waals surface area contributed by atoms with Gasteiger partial charge in [0.2, 0.25) is 0 Å². The molecule has 0 atom stereocenters. The number of ether oxygens (including phenoxy) is 1. The number of hydrogen-bond donors (Lipinski definition) is 0. The Balaban J connectivity index is 1.95. The topological polar surface area (TPSA) is 43.4 Å². The zero-order valence-electron chi connectivity index (χ0n) is 21.3. The first kappa shape index (κ1) is 27.6. The number of carbonyl (C=O) groups is 2. The summed E-state index contributed by atoms with van der Waals surface area (Å²) in [5, 5.41) is 2.96. The molecule has 38 heavy (non-hydrogen) atoms. The van der Waals surface area contributed by atoms with Crippen molar-refractivity contribution in [1.29, 1.82) is 0 Å². The molecular weight excluding hydrogens is 555 g/mol. The molecule has 0 aliphatic heterocycles. The van der Waals surface area contributed by atoms with Gasteiger partial charge in [0.15, 0.2) is 5.78 Å². The first-order valence-corrected chi connectivity index (χ1v) is 15.2. The van der Waals surface area contributed by atoms with E-state index in [1.807, 2.05) is 115 Å². The molecule has 0 aliphatic carbocycles. The van der Waals surface area contributed by atoms with Gasteiger partial charge in [-0.05, 0) is 60.3 Å². The number of hydrogen-bond acceptors (Lipinski definition) is 3. The SMILES string of the molecule is CCOC(=O)C(C(=O)/C=C/CCc1ccccc1Br)=P(c1ccccc1)(c1ccccc1)c1ccccc1. The summed E-state index contributed by atoms with van der Waals surface area (Å²) in [5.74, 6) is -0.890. The smallest absolute Gasteiger partial charge is 0.343 e. The molecule has 4 aromatic carbocycles. The average Bonchev–Trinajstić information content (AvgIpc) is 2.96. The number of ketones is 1. The van der Waals surface area contributed by atoms with Crippen LogP contribution in [0.2, 0.25) is 0 Å². The second-order valence-corrected chi connectivity index (χ2v) is 12.8. The second kappa shape index (κ2) is 13.4. The number of rotatable bonds is 10. The van der Waals surface area contributed by atoms with Crippen molar-refractivity contribution in [2.75, 3.05) is 6.61 Å². The highest BCUT2D eigenvalue weighted by Crippen LogP contribution is 2.46. The van der Waals surface area contributed by atoms with Crippen molar-refractivity contribution in [3.63, 3.8) is 0 Å². The van der Waals surface area contributed by atoms with Gasteiger partial charge in [-0.1, -0.05) is 131 Å². The van der Waals surface area contributed by atoms with E-state index in [0.29, 0.717) is 6.42 Å². The zero-order chi connectivity index (χ0) is 26.8. The third-order valence-corrected chi connectivity index (χ3v) is 11.3. The van der Waals surface area contributed by atoms with Crippen LogP contribution in [-0.4, -0.2) is 23.7 Å². The Kier molecular flexibility index (Phi) is 9.70. The van der Waals surface area contributed by atoms with Gasteiger partial charge in [0, 0.05) is 4.47 Å². The van der Waals surface area contributed by atoms with Crippen LogP contribution in [0.1, 0.15) is 18.9 Å². The molecule has 0 N–H and O–H groups in total. The first-order valence-electron chi connectivity index (χ1n) is 12.6. The minimum atomic E-state index is -2.89. The number of esters is 1. The van der Waals surface area contributed by atoms with Crippen molar-refractivity contribution in [2.24, 2.45) is 0 Å². The lowest BCUT2D eigenvalue weighted by Crippen LogP contribution is -2.37. The van der Waals surface area contributed by atoms with Gasteiger partial charge in [0.05, 0.1) is 6.61 Å². The fourth-order valence-corrected chi connectivity index (χ4v) is 9.35. The Morgan fingerprint density at radius 3 is 1.68 bits per heavy atom. The van der Waals surface area contributed by atoms with Crippen molar-refractivity contribution < 1.29 is 14.3 Å². The summed E-state index contributed by atoms with van der Waals surface area (Å²) in [6.07, 6.45) is 4.84. The van der Waals surface area contributed by atoms with Crippen LogP contribution in [0, 0.1) is 0 Å². The highest BCUT2D eigenvalue weighted by Gasteiger charge is 2.36. The molecule has 5 heteroatoms. The van der Waals surface area contributed by atoms with Crippen molar-refractivity contribution in [2.45, 2.75) is 19.8 Å². The summed E-state index contributed by atoms with van der Waals surface area (Å²) >= 11 is 3.59. The zero-order valence-corrected chi connectivity index (χ0v) is 23.8. The summed E-state index contributed by atoms with van der Waals surface area (Å²) < 4.78 is 6.62. The normalized spacial score (nSPS) is 11.3. The van der Waals surface area contributed by atoms with Gasteiger partial charge in [0.1, 0.15) is 5.29 Å². The molecule has 0 saturated heterocycles. The predicted molar refractivity (Wildman–Crippen MR) is 163 cm³/mol. The van der Waals surface area contributed by atoms with Gasteiger partial charge in [0.25, 0.3) is 0 Å². The van der Waals surface area contributed by atoms with E-state index in [-0.39, 0.29) is 17.7 Å². The highest BCUT2D eigenvalue weighted by molar-refractivity contribution is 9.10. The standard InChI is InChI=1S/C33H30BrO3P/c1-2-37-33(36)32(31(35)25-15-13-17-26-16-12-14-24-30(26)34)38(27-18-6-3-7-19-27,28-20-8-4-9-21-28)29-22-10-5-11-23-29/h3-12,14-16,18-25H,2,13,17H2,1H3/b25-15+. The minimum Gasteiger partial charge on any atom is -0.462 e. The number of benzene rings is 4. The van der Waals surface area contributed by atoms with Crippen LogP contribution in [0.15, 0.2) is 132 Å². The monoisotopic (exact) mass is 584 g/mol. The maximum absolute atomic E-state index is 14.1. The molecule has 0 saturated carbocycles. The quantitative estimate of drug-likeness (QED) is 0.0959. The Morgan fingerprint density at radius 1 is 0.737 bits per heavy atom. The van der Waals surface area contributed by atoms with Gasteiger partial charge in [-0.25, -0.2) is 4.79 Å². The van der Waals surface area contributed by atoms with Crippen LogP contribution >= 0.6 is 22.8 Å². The van der Waals surface area contributed by atoms with Gasteiger partial charge in [-0.3, -0.25) is 4.79 Å². The van der Waals surface area contributed by atoms with E-state index in [4.69, 9.17) is 4.74 Å². The Hall–Kier alpha value is -3.46. The molecule has 0 heterocycles. The molecule has 0 aromatic heterocycles. The van der Waals surface area contributed by atoms with E-state index in [1.165, 1.54) is 5.56 Å². The third kappa shape index (κ3) is 5.99. The van der Waals surface area contributed by atoms with Gasteiger partial charge < -0.3 is 4.74 Å². The minimum absolute atomic E-state index is 0.180. The lowest BCUT2D eigenvalue weighted by Gasteiger charge is -2.31. The van der Waals surface area contributed by atoms with E-state index in [9.17, 15) is 9.59 Å². The van der Waals surface area contributed by atoms with Crippen LogP contribution in [-0.2, 0) is 20.7 Å². The summed E-state index contributed by atoms with van der Waals surface area (Å²) in [4.78, 5) is 27.9. The molecule has 0 amide bonds. The molecule has 0 bridgehead atoms. The van der Waals surface area contributed by atoms with Crippen LogP contribution < -0.4 is 15.9 Å². The molecule has 0 fully saturated rings. The third-order valence-electron chi connectivity index (χ3n) is 6.28. The van der Waals surface area contributed by atoms with Crippen LogP contribution in [0.3, 0.4) is 0 Å². The molecule has 0 unspecified atom stereocenters. The molecule has 4 aromatic rings. The molecule has 3 nitrogen and oxygen atoms in total. The van der Waals surface area contributed by atoms with Crippen LogP contribution in [0.5, 0.6) is 0 Å². The Bertz CT molecular complexity index is 1360. The summed E-state index contributed by atoms with van der Waals surface area (Å²) in [6, 6.07) is 37.7. The number of aryl methyl sites for hydroxylation is 1. The van der Waals surface area contributed by atoms with Gasteiger partial charge >= 0.3 is 5.97 Å². The van der Waals surface area contributed by atoms with Crippen LogP contribution in [0.4, 0.5) is 0 Å². The van der Waals surface area contributed by atoms with Crippen molar-refractivity contribution in [1.82, 2.24) is 0 Å². The van der Waals surface area contributed by atoms with Gasteiger partial charge in [-0.15, -0.1) is 0 Å². The van der Waals surface area contributed by atoms with Crippen molar-refractivity contribution in [3.8, 4) is 0 Å². The molecular formula is C33H30BrO3P. The average molecular weight is 585 g/mol. The second-order valence-electron chi connectivity index (χ2n) is 8.64. The van der Waals surface area contributed by atoms with Crippen LogP contribution in [0.25, 0.3) is 0 Å². The number of carbonyl (C=O) groups excluding carboxylic acids is 2. The maximum atomic E-state index is 14.1. The Morgan fingerprint density at radius 2 is 1.21 bits per heavy atom. The van der Waals surface area contributed by atoms with E-state index in [1.54, 1.807) is 13.0 Å². The van der Waals surface area contributed by atoms with Gasteiger partial charge in [-0.2, -0.15) is 0 Å². The first-order chi connectivity index (χ1) is 18.6. The van der Waals surface area contributed by atoms with Crippen molar-refractivity contribution in [3.05, 3.63) is 137 Å². The molecule has 0 spiro atoms. The lowest BCUT2D eigenvalue weighted by molar-refractivity contribution is -0.135. The predicted octanol–water partition coefficient (Wildman–Crippen LogP) is 6.24. The van der Waals surface area contributed by atoms with E-state index in [2.05, 4.69) is 22.0 Å². The number of allylic oxidation sites excluding steroid dienone is 2. The highest BCUT2D eigenvalue weighted by atomic mass is 79.9. The van der Waals surface area contributed by atoms with Crippen molar-refractivity contribution >= 4 is 55.8 Å². The molecule has 4 rings (SSSR count). The van der Waals surface area contributed by atoms with E-state index in [0.717, 1.165) is 26.8 Å². The van der Waals surface area contributed by atoms with E-state index < -0.39 is 12.9 Å². The summed E-state index contributed by atoms with van der Waals surface area (Å²) in [7, 11) is 0. The number of halogens is 1.